The third-order valence-corrected chi connectivity index (χ3v) is 4.11. The standard InChI is InChI=1S/C15H12ClN3O2S/c16-12-7-6-11(22-12)9-14-18-19-15(21-14)17-13(20)8-10-4-2-1-3-5-10/h1-7H,8-9H2,(H,17,19,20). The second-order valence-electron chi connectivity index (χ2n) is 4.59. The van der Waals surface area contributed by atoms with E-state index in [1.807, 2.05) is 42.5 Å². The van der Waals surface area contributed by atoms with Crippen molar-refractivity contribution in [1.29, 1.82) is 0 Å². The summed E-state index contributed by atoms with van der Waals surface area (Å²) in [6.45, 7) is 0. The van der Waals surface area contributed by atoms with Gasteiger partial charge in [0.05, 0.1) is 17.2 Å². The van der Waals surface area contributed by atoms with Gasteiger partial charge in [-0.25, -0.2) is 0 Å². The molecule has 112 valence electrons. The molecular weight excluding hydrogens is 322 g/mol. The second kappa shape index (κ2) is 6.72. The summed E-state index contributed by atoms with van der Waals surface area (Å²) in [6.07, 6.45) is 0.762. The van der Waals surface area contributed by atoms with Gasteiger partial charge in [0.25, 0.3) is 0 Å². The number of hydrogen-bond donors (Lipinski definition) is 1. The van der Waals surface area contributed by atoms with E-state index in [1.165, 1.54) is 11.3 Å². The Morgan fingerprint density at radius 3 is 2.73 bits per heavy atom. The van der Waals surface area contributed by atoms with Crippen LogP contribution in [0.1, 0.15) is 16.3 Å². The van der Waals surface area contributed by atoms with Crippen LogP contribution in [0.3, 0.4) is 0 Å². The first kappa shape index (κ1) is 14.7. The summed E-state index contributed by atoms with van der Waals surface area (Å²) < 4.78 is 6.13. The Balaban J connectivity index is 1.58. The first-order valence-electron chi connectivity index (χ1n) is 6.59. The highest BCUT2D eigenvalue weighted by Gasteiger charge is 2.11. The Hall–Kier alpha value is -2.18. The van der Waals surface area contributed by atoms with Gasteiger partial charge >= 0.3 is 6.01 Å². The van der Waals surface area contributed by atoms with Gasteiger partial charge < -0.3 is 4.42 Å². The molecule has 5 nitrogen and oxygen atoms in total. The molecule has 0 atom stereocenters. The van der Waals surface area contributed by atoms with Gasteiger partial charge in [-0.05, 0) is 17.7 Å². The number of hydrogen-bond acceptors (Lipinski definition) is 5. The van der Waals surface area contributed by atoms with Crippen LogP contribution in [0.15, 0.2) is 46.9 Å². The third-order valence-electron chi connectivity index (χ3n) is 2.88. The minimum Gasteiger partial charge on any atom is -0.407 e. The van der Waals surface area contributed by atoms with Crippen molar-refractivity contribution < 1.29 is 9.21 Å². The number of anilines is 1. The van der Waals surface area contributed by atoms with Crippen LogP contribution in [0.25, 0.3) is 0 Å². The number of benzene rings is 1. The van der Waals surface area contributed by atoms with Crippen LogP contribution < -0.4 is 5.32 Å². The minimum absolute atomic E-state index is 0.110. The zero-order chi connectivity index (χ0) is 15.4. The summed E-state index contributed by atoms with van der Waals surface area (Å²) in [6, 6.07) is 13.3. The molecule has 0 saturated heterocycles. The molecule has 3 rings (SSSR count). The maximum Gasteiger partial charge on any atom is 0.322 e. The fourth-order valence-corrected chi connectivity index (χ4v) is 2.99. The van der Waals surface area contributed by atoms with E-state index in [-0.39, 0.29) is 18.3 Å². The van der Waals surface area contributed by atoms with Crippen LogP contribution in [-0.2, 0) is 17.6 Å². The van der Waals surface area contributed by atoms with Gasteiger partial charge in [0, 0.05) is 4.88 Å². The van der Waals surface area contributed by atoms with Gasteiger partial charge in [0.15, 0.2) is 0 Å². The summed E-state index contributed by atoms with van der Waals surface area (Å²) in [7, 11) is 0. The van der Waals surface area contributed by atoms with E-state index in [0.717, 1.165) is 10.4 Å². The van der Waals surface area contributed by atoms with E-state index in [2.05, 4.69) is 15.5 Å². The second-order valence-corrected chi connectivity index (χ2v) is 6.39. The van der Waals surface area contributed by atoms with E-state index in [1.54, 1.807) is 0 Å². The zero-order valence-corrected chi connectivity index (χ0v) is 13.0. The molecule has 0 saturated carbocycles. The van der Waals surface area contributed by atoms with Gasteiger partial charge in [0.2, 0.25) is 11.8 Å². The lowest BCUT2D eigenvalue weighted by molar-refractivity contribution is -0.115. The van der Waals surface area contributed by atoms with E-state index >= 15 is 0 Å². The number of amides is 1. The molecule has 22 heavy (non-hydrogen) atoms. The number of aromatic nitrogens is 2. The fourth-order valence-electron chi connectivity index (χ4n) is 1.92. The molecule has 1 amide bonds. The molecule has 0 fully saturated rings. The Labute approximate surface area is 135 Å². The Morgan fingerprint density at radius 1 is 1.18 bits per heavy atom. The summed E-state index contributed by atoms with van der Waals surface area (Å²) in [5.74, 6) is 0.245. The van der Waals surface area contributed by atoms with Crippen LogP contribution in [0, 0.1) is 0 Å². The molecule has 0 spiro atoms. The molecule has 1 N–H and O–H groups in total. The third kappa shape index (κ3) is 3.93. The number of nitrogens with one attached hydrogen (secondary N) is 1. The normalized spacial score (nSPS) is 10.6. The topological polar surface area (TPSA) is 68.0 Å². The van der Waals surface area contributed by atoms with Gasteiger partial charge in [-0.1, -0.05) is 47.0 Å². The number of thiophene rings is 1. The lowest BCUT2D eigenvalue weighted by atomic mass is 10.1. The Kier molecular flexibility index (Phi) is 4.50. The molecule has 2 aromatic heterocycles. The molecule has 0 aliphatic carbocycles. The molecule has 0 aliphatic heterocycles. The number of carbonyl (C=O) groups is 1. The molecular formula is C15H12ClN3O2S. The smallest absolute Gasteiger partial charge is 0.322 e. The molecule has 7 heteroatoms. The number of nitrogens with zero attached hydrogens (tertiary/aromatic N) is 2. The van der Waals surface area contributed by atoms with E-state index < -0.39 is 0 Å². The van der Waals surface area contributed by atoms with Crippen LogP contribution in [0.2, 0.25) is 4.34 Å². The Bertz CT molecular complexity index is 770. The molecule has 2 heterocycles. The van der Waals surface area contributed by atoms with Crippen molar-refractivity contribution in [2.45, 2.75) is 12.8 Å². The summed E-state index contributed by atoms with van der Waals surface area (Å²) in [5.41, 5.74) is 0.924. The molecule has 0 radical (unpaired) electrons. The molecule has 0 unspecified atom stereocenters. The first-order valence-corrected chi connectivity index (χ1v) is 7.79. The van der Waals surface area contributed by atoms with Crippen molar-refractivity contribution in [3.63, 3.8) is 0 Å². The van der Waals surface area contributed by atoms with Crippen molar-refractivity contribution in [1.82, 2.24) is 10.2 Å². The maximum absolute atomic E-state index is 11.9. The van der Waals surface area contributed by atoms with Crippen LogP contribution >= 0.6 is 22.9 Å². The van der Waals surface area contributed by atoms with Crippen molar-refractivity contribution in [3.8, 4) is 0 Å². The molecule has 1 aromatic carbocycles. The van der Waals surface area contributed by atoms with Gasteiger partial charge in [-0.15, -0.1) is 16.4 Å². The van der Waals surface area contributed by atoms with E-state index in [4.69, 9.17) is 16.0 Å². The molecule has 0 aliphatic rings. The van der Waals surface area contributed by atoms with Gasteiger partial charge in [0.1, 0.15) is 0 Å². The summed E-state index contributed by atoms with van der Waals surface area (Å²) in [4.78, 5) is 12.9. The van der Waals surface area contributed by atoms with E-state index in [0.29, 0.717) is 16.6 Å². The highest BCUT2D eigenvalue weighted by Crippen LogP contribution is 2.23. The fraction of sp³-hybridized carbons (Fsp3) is 0.133. The van der Waals surface area contributed by atoms with Gasteiger partial charge in [-0.2, -0.15) is 0 Å². The maximum atomic E-state index is 11.9. The SMILES string of the molecule is O=C(Cc1ccccc1)Nc1nnc(Cc2ccc(Cl)s2)o1. The summed E-state index contributed by atoms with van der Waals surface area (Å²) in [5, 5.41) is 10.3. The quantitative estimate of drug-likeness (QED) is 0.775. The van der Waals surface area contributed by atoms with Crippen LogP contribution in [0.4, 0.5) is 6.01 Å². The minimum atomic E-state index is -0.194. The monoisotopic (exact) mass is 333 g/mol. The van der Waals surface area contributed by atoms with Crippen LogP contribution in [0.5, 0.6) is 0 Å². The first-order chi connectivity index (χ1) is 10.7. The summed E-state index contributed by atoms with van der Waals surface area (Å²) >= 11 is 7.33. The number of carbonyl (C=O) groups excluding carboxylic acids is 1. The number of halogens is 1. The van der Waals surface area contributed by atoms with Crippen molar-refractivity contribution in [2.75, 3.05) is 5.32 Å². The lowest BCUT2D eigenvalue weighted by Gasteiger charge is -2.00. The highest BCUT2D eigenvalue weighted by molar-refractivity contribution is 7.16. The average Bonchev–Trinajstić information content (AvgIpc) is 3.09. The van der Waals surface area contributed by atoms with E-state index in [9.17, 15) is 4.79 Å². The molecule has 3 aromatic rings. The highest BCUT2D eigenvalue weighted by atomic mass is 35.5. The van der Waals surface area contributed by atoms with Crippen LogP contribution in [-0.4, -0.2) is 16.1 Å². The lowest BCUT2D eigenvalue weighted by Crippen LogP contribution is -2.14. The zero-order valence-electron chi connectivity index (χ0n) is 11.5. The Morgan fingerprint density at radius 2 is 2.00 bits per heavy atom. The average molecular weight is 334 g/mol. The van der Waals surface area contributed by atoms with Gasteiger partial charge in [-0.3, -0.25) is 10.1 Å². The number of rotatable bonds is 5. The largest absolute Gasteiger partial charge is 0.407 e. The predicted octanol–water partition coefficient (Wildman–Crippen LogP) is 3.56. The molecule has 0 bridgehead atoms. The van der Waals surface area contributed by atoms with Crippen molar-refractivity contribution in [3.05, 3.63) is 63.1 Å². The van der Waals surface area contributed by atoms with Crippen molar-refractivity contribution in [2.24, 2.45) is 0 Å². The predicted molar refractivity (Wildman–Crippen MR) is 85.2 cm³/mol. The van der Waals surface area contributed by atoms with Crippen molar-refractivity contribution >= 4 is 34.9 Å².